The molecule has 9 nitrogen and oxygen atoms in total. The molecular weight excluding hydrogens is 390 g/mol. The predicted octanol–water partition coefficient (Wildman–Crippen LogP) is 0.640. The summed E-state index contributed by atoms with van der Waals surface area (Å²) in [6.07, 6.45) is 2.11. The highest BCUT2D eigenvalue weighted by Gasteiger charge is 2.37. The van der Waals surface area contributed by atoms with Crippen LogP contribution in [0.1, 0.15) is 31.2 Å². The Kier molecular flexibility index (Phi) is 7.04. The quantitative estimate of drug-likeness (QED) is 0.637. The maximum Gasteiger partial charge on any atom is 0.326 e. The summed E-state index contributed by atoms with van der Waals surface area (Å²) >= 11 is 0. The highest BCUT2D eigenvalue weighted by Crippen LogP contribution is 2.20. The van der Waals surface area contributed by atoms with Crippen molar-refractivity contribution in [2.75, 3.05) is 26.2 Å². The van der Waals surface area contributed by atoms with Crippen molar-refractivity contribution in [1.29, 1.82) is 0 Å². The van der Waals surface area contributed by atoms with Crippen molar-refractivity contribution >= 4 is 23.8 Å². The molecule has 2 atom stereocenters. The van der Waals surface area contributed by atoms with E-state index >= 15 is 0 Å². The number of amides is 2. The molecule has 2 aliphatic heterocycles. The number of hydrogen-bond acceptors (Lipinski definition) is 5. The van der Waals surface area contributed by atoms with Crippen LogP contribution in [0.15, 0.2) is 30.3 Å². The maximum absolute atomic E-state index is 12.8. The van der Waals surface area contributed by atoms with E-state index in [1.165, 1.54) is 9.80 Å². The molecule has 1 aromatic rings. The Morgan fingerprint density at radius 1 is 0.833 bits per heavy atom. The van der Waals surface area contributed by atoms with Crippen LogP contribution >= 0.6 is 0 Å². The van der Waals surface area contributed by atoms with Crippen molar-refractivity contribution in [2.24, 2.45) is 0 Å². The van der Waals surface area contributed by atoms with E-state index < -0.39 is 24.0 Å². The van der Waals surface area contributed by atoms with Gasteiger partial charge < -0.3 is 20.0 Å². The average Bonchev–Trinajstić information content (AvgIpc) is 3.38. The van der Waals surface area contributed by atoms with Crippen molar-refractivity contribution in [2.45, 2.75) is 44.3 Å². The van der Waals surface area contributed by atoms with E-state index in [-0.39, 0.29) is 24.9 Å². The van der Waals surface area contributed by atoms with Gasteiger partial charge in [-0.3, -0.25) is 14.5 Å². The summed E-state index contributed by atoms with van der Waals surface area (Å²) in [5.41, 5.74) is 0.908. The Bertz CT molecular complexity index is 753. The van der Waals surface area contributed by atoms with Crippen LogP contribution in [0.5, 0.6) is 0 Å². The number of hydrogen-bond donors (Lipinski definition) is 2. The Labute approximate surface area is 174 Å². The molecule has 1 aromatic carbocycles. The lowest BCUT2D eigenvalue weighted by Crippen LogP contribution is -2.49. The summed E-state index contributed by atoms with van der Waals surface area (Å²) in [5.74, 6) is -2.71. The van der Waals surface area contributed by atoms with Gasteiger partial charge >= 0.3 is 11.9 Å². The maximum atomic E-state index is 12.8. The fourth-order valence-electron chi connectivity index (χ4n) is 4.22. The second kappa shape index (κ2) is 9.71. The summed E-state index contributed by atoms with van der Waals surface area (Å²) in [5, 5.41) is 18.7. The molecule has 9 heteroatoms. The van der Waals surface area contributed by atoms with Crippen molar-refractivity contribution in [1.82, 2.24) is 14.7 Å². The van der Waals surface area contributed by atoms with Crippen LogP contribution in [0.3, 0.4) is 0 Å². The van der Waals surface area contributed by atoms with Gasteiger partial charge in [-0.2, -0.15) is 0 Å². The number of benzene rings is 1. The van der Waals surface area contributed by atoms with Gasteiger partial charge in [0.05, 0.1) is 13.1 Å². The van der Waals surface area contributed by atoms with Gasteiger partial charge in [0.1, 0.15) is 12.1 Å². The minimum absolute atomic E-state index is 0.101. The lowest BCUT2D eigenvalue weighted by atomic mass is 10.2. The van der Waals surface area contributed by atoms with Gasteiger partial charge in [-0.1, -0.05) is 30.3 Å². The normalized spacial score (nSPS) is 21.2. The van der Waals surface area contributed by atoms with Crippen molar-refractivity contribution in [3.8, 4) is 0 Å². The average molecular weight is 417 g/mol. The van der Waals surface area contributed by atoms with Gasteiger partial charge in [-0.15, -0.1) is 0 Å². The summed E-state index contributed by atoms with van der Waals surface area (Å²) in [4.78, 5) is 52.9. The van der Waals surface area contributed by atoms with Crippen LogP contribution in [0.25, 0.3) is 0 Å². The Hall–Kier alpha value is -2.94. The summed E-state index contributed by atoms with van der Waals surface area (Å²) < 4.78 is 0. The molecule has 0 aromatic heterocycles. The van der Waals surface area contributed by atoms with Gasteiger partial charge in [0.2, 0.25) is 11.8 Å². The third-order valence-electron chi connectivity index (χ3n) is 5.68. The summed E-state index contributed by atoms with van der Waals surface area (Å²) in [6, 6.07) is 7.69. The van der Waals surface area contributed by atoms with Gasteiger partial charge in [-0.25, -0.2) is 9.59 Å². The number of carboxylic acid groups (broad SMARTS) is 2. The molecule has 3 rings (SSSR count). The van der Waals surface area contributed by atoms with E-state index in [2.05, 4.69) is 0 Å². The van der Waals surface area contributed by atoms with Gasteiger partial charge in [-0.05, 0) is 31.2 Å². The van der Waals surface area contributed by atoms with Crippen molar-refractivity contribution in [3.05, 3.63) is 35.9 Å². The molecular formula is C21H27N3O6. The van der Waals surface area contributed by atoms with Crippen molar-refractivity contribution in [3.63, 3.8) is 0 Å². The first kappa shape index (κ1) is 21.8. The van der Waals surface area contributed by atoms with Crippen LogP contribution in [0, 0.1) is 0 Å². The lowest BCUT2D eigenvalue weighted by molar-refractivity contribution is -0.150. The highest BCUT2D eigenvalue weighted by molar-refractivity contribution is 5.87. The Morgan fingerprint density at radius 3 is 1.73 bits per heavy atom. The molecule has 0 spiro atoms. The number of aliphatic carboxylic acids is 2. The van der Waals surface area contributed by atoms with Crippen LogP contribution in [-0.4, -0.2) is 86.9 Å². The fraction of sp³-hybridized carbons (Fsp3) is 0.524. The SMILES string of the molecule is O=C(O)C1CCCN1C(=O)CN(CC(=O)N1CCCC1C(=O)O)Cc1ccccc1. The highest BCUT2D eigenvalue weighted by atomic mass is 16.4. The summed E-state index contributed by atoms with van der Waals surface area (Å²) in [6.45, 7) is 0.897. The second-order valence-electron chi connectivity index (χ2n) is 7.80. The standard InChI is InChI=1S/C21H27N3O6/c25-18(23-10-4-8-16(23)20(27)28)13-22(12-15-6-2-1-3-7-15)14-19(26)24-11-5-9-17(24)21(29)30/h1-3,6-7,16-17H,4-5,8-14H2,(H,27,28)(H,29,30). The topological polar surface area (TPSA) is 118 Å². The van der Waals surface area contributed by atoms with E-state index in [0.717, 1.165) is 5.56 Å². The number of likely N-dealkylation sites (tertiary alicyclic amines) is 2. The molecule has 2 aliphatic rings. The zero-order valence-electron chi connectivity index (χ0n) is 16.8. The van der Waals surface area contributed by atoms with Crippen LogP contribution in [0.2, 0.25) is 0 Å². The number of carbonyl (C=O) groups is 4. The van der Waals surface area contributed by atoms with Crippen LogP contribution in [-0.2, 0) is 25.7 Å². The largest absolute Gasteiger partial charge is 0.480 e. The smallest absolute Gasteiger partial charge is 0.326 e. The van der Waals surface area contributed by atoms with Crippen LogP contribution < -0.4 is 0 Å². The first-order chi connectivity index (χ1) is 14.4. The molecule has 2 N–H and O–H groups in total. The van der Waals surface area contributed by atoms with E-state index in [4.69, 9.17) is 0 Å². The third kappa shape index (κ3) is 5.15. The monoisotopic (exact) mass is 417 g/mol. The van der Waals surface area contributed by atoms with E-state index in [1.807, 2.05) is 30.3 Å². The fourth-order valence-corrected chi connectivity index (χ4v) is 4.22. The molecule has 2 unspecified atom stereocenters. The molecule has 2 heterocycles. The zero-order valence-corrected chi connectivity index (χ0v) is 16.8. The third-order valence-corrected chi connectivity index (χ3v) is 5.68. The lowest BCUT2D eigenvalue weighted by Gasteiger charge is -2.29. The number of carboxylic acids is 2. The molecule has 30 heavy (non-hydrogen) atoms. The molecule has 0 saturated carbocycles. The van der Waals surface area contributed by atoms with Crippen molar-refractivity contribution < 1.29 is 29.4 Å². The van der Waals surface area contributed by atoms with Gasteiger partial charge in [0.15, 0.2) is 0 Å². The predicted molar refractivity (Wildman–Crippen MR) is 106 cm³/mol. The number of nitrogens with zero attached hydrogens (tertiary/aromatic N) is 3. The summed E-state index contributed by atoms with van der Waals surface area (Å²) in [7, 11) is 0. The molecule has 2 saturated heterocycles. The van der Waals surface area contributed by atoms with Gasteiger partial charge in [0.25, 0.3) is 0 Å². The molecule has 0 radical (unpaired) electrons. The first-order valence-corrected chi connectivity index (χ1v) is 10.2. The first-order valence-electron chi connectivity index (χ1n) is 10.2. The second-order valence-corrected chi connectivity index (χ2v) is 7.80. The van der Waals surface area contributed by atoms with E-state index in [9.17, 15) is 29.4 Å². The molecule has 162 valence electrons. The van der Waals surface area contributed by atoms with E-state index in [0.29, 0.717) is 45.3 Å². The molecule has 2 fully saturated rings. The molecule has 0 aliphatic carbocycles. The Balaban J connectivity index is 1.71. The van der Waals surface area contributed by atoms with Crippen LogP contribution in [0.4, 0.5) is 0 Å². The van der Waals surface area contributed by atoms with Gasteiger partial charge in [0, 0.05) is 19.6 Å². The van der Waals surface area contributed by atoms with E-state index in [1.54, 1.807) is 4.90 Å². The zero-order chi connectivity index (χ0) is 21.7. The number of carbonyl (C=O) groups excluding carboxylic acids is 2. The minimum atomic E-state index is -1.02. The molecule has 2 amide bonds. The number of rotatable bonds is 8. The molecule has 0 bridgehead atoms. The minimum Gasteiger partial charge on any atom is -0.480 e. The Morgan fingerprint density at radius 2 is 1.30 bits per heavy atom.